The number of nitrogens with one attached hydrogen (secondary N) is 3. The summed E-state index contributed by atoms with van der Waals surface area (Å²) in [5.74, 6) is -2.67. The fraction of sp³-hybridized carbons (Fsp3) is 0.269. The Morgan fingerprint density at radius 1 is 1.05 bits per heavy atom. The van der Waals surface area contributed by atoms with Gasteiger partial charge in [-0.25, -0.2) is 4.68 Å². The lowest BCUT2D eigenvalue weighted by atomic mass is 10.0. The zero-order chi connectivity index (χ0) is 28.2. The lowest BCUT2D eigenvalue weighted by Gasteiger charge is -2.27. The largest absolute Gasteiger partial charge is 0.397 e. The summed E-state index contributed by atoms with van der Waals surface area (Å²) in [6, 6.07) is 10.7. The van der Waals surface area contributed by atoms with E-state index in [0.29, 0.717) is 30.2 Å². The molecular weight excluding hydrogens is 520 g/mol. The third-order valence-corrected chi connectivity index (χ3v) is 6.47. The highest BCUT2D eigenvalue weighted by molar-refractivity contribution is 6.25. The Hall–Kier alpha value is -5.11. The van der Waals surface area contributed by atoms with Crippen LogP contribution in [0.2, 0.25) is 0 Å². The van der Waals surface area contributed by atoms with Crippen molar-refractivity contribution in [1.82, 2.24) is 25.2 Å². The minimum absolute atomic E-state index is 0.0537. The number of carbonyl (C=O) groups excluding carboxylic acids is 5. The second-order valence-corrected chi connectivity index (χ2v) is 9.12. The maximum absolute atomic E-state index is 13.1. The second-order valence-electron chi connectivity index (χ2n) is 9.12. The topological polar surface area (TPSA) is 191 Å². The van der Waals surface area contributed by atoms with Gasteiger partial charge in [-0.3, -0.25) is 34.2 Å². The first-order valence-electron chi connectivity index (χ1n) is 12.6. The Kier molecular flexibility index (Phi) is 7.50. The molecule has 1 unspecified atom stereocenters. The molecule has 0 radical (unpaired) electrons. The number of aromatic nitrogens is 3. The lowest BCUT2D eigenvalue weighted by Crippen LogP contribution is -2.54. The summed E-state index contributed by atoms with van der Waals surface area (Å²) in [6.45, 7) is 1.24. The molecule has 0 bridgehead atoms. The van der Waals surface area contributed by atoms with Crippen molar-refractivity contribution in [2.75, 3.05) is 36.1 Å². The Morgan fingerprint density at radius 2 is 1.85 bits per heavy atom. The first-order valence-corrected chi connectivity index (χ1v) is 12.6. The van der Waals surface area contributed by atoms with Gasteiger partial charge >= 0.3 is 0 Å². The number of piperidine rings is 1. The minimum atomic E-state index is -1.03. The molecule has 0 spiro atoms. The van der Waals surface area contributed by atoms with Crippen LogP contribution in [0.3, 0.4) is 0 Å². The average molecular weight is 547 g/mol. The quantitative estimate of drug-likeness (QED) is 0.159. The molecule has 3 aromatic rings. The van der Waals surface area contributed by atoms with E-state index in [1.165, 1.54) is 16.9 Å². The third-order valence-electron chi connectivity index (χ3n) is 6.47. The highest BCUT2D eigenvalue weighted by Gasteiger charge is 2.45. The number of nitrogens with two attached hydrogens (primary N) is 1. The molecule has 0 saturated carbocycles. The van der Waals surface area contributed by atoms with Crippen LogP contribution in [0.1, 0.15) is 44.0 Å². The summed E-state index contributed by atoms with van der Waals surface area (Å²) in [5.41, 5.74) is 7.72. The van der Waals surface area contributed by atoms with Crippen molar-refractivity contribution in [2.24, 2.45) is 0 Å². The fourth-order valence-electron chi connectivity index (χ4n) is 4.49. The number of hydrogen-bond donors (Lipinski definition) is 4. The molecule has 5 amide bonds. The van der Waals surface area contributed by atoms with Gasteiger partial charge < -0.3 is 21.1 Å². The van der Waals surface area contributed by atoms with Gasteiger partial charge in [0.2, 0.25) is 11.8 Å². The van der Waals surface area contributed by atoms with Gasteiger partial charge in [-0.15, -0.1) is 5.10 Å². The predicted molar refractivity (Wildman–Crippen MR) is 141 cm³/mol. The number of ether oxygens (including phenoxy) is 1. The molecule has 2 aromatic carbocycles. The molecule has 2 aliphatic heterocycles. The van der Waals surface area contributed by atoms with Gasteiger partial charge in [-0.05, 0) is 30.7 Å². The van der Waals surface area contributed by atoms with E-state index in [2.05, 4.69) is 26.3 Å². The fourth-order valence-corrected chi connectivity index (χ4v) is 4.49. The van der Waals surface area contributed by atoms with Gasteiger partial charge in [-0.1, -0.05) is 23.4 Å². The van der Waals surface area contributed by atoms with E-state index in [1.54, 1.807) is 36.4 Å². The van der Waals surface area contributed by atoms with Crippen molar-refractivity contribution in [3.8, 4) is 0 Å². The van der Waals surface area contributed by atoms with Gasteiger partial charge in [0.25, 0.3) is 17.7 Å². The molecule has 14 nitrogen and oxygen atoms in total. The van der Waals surface area contributed by atoms with Crippen LogP contribution in [0.25, 0.3) is 0 Å². The molecule has 1 fully saturated rings. The number of para-hydroxylation sites is 2. The number of rotatable bonds is 10. The van der Waals surface area contributed by atoms with Crippen LogP contribution in [-0.2, 0) is 20.9 Å². The van der Waals surface area contributed by atoms with Gasteiger partial charge in [0, 0.05) is 18.7 Å². The van der Waals surface area contributed by atoms with Crippen molar-refractivity contribution in [3.63, 3.8) is 0 Å². The number of nitrogens with zero attached hydrogens (tertiary/aromatic N) is 4. The van der Waals surface area contributed by atoms with Gasteiger partial charge in [0.05, 0.1) is 48.5 Å². The highest BCUT2D eigenvalue weighted by atomic mass is 16.5. The van der Waals surface area contributed by atoms with E-state index in [4.69, 9.17) is 10.5 Å². The van der Waals surface area contributed by atoms with Crippen LogP contribution in [0.15, 0.2) is 48.7 Å². The molecular formula is C26H26N8O6. The van der Waals surface area contributed by atoms with E-state index >= 15 is 0 Å². The smallest absolute Gasteiger partial charge is 0.277 e. The maximum atomic E-state index is 13.1. The average Bonchev–Trinajstić information content (AvgIpc) is 3.51. The molecule has 3 heterocycles. The standard InChI is InChI=1S/C26H26N8O6/c27-16-5-1-2-6-17(16)29-23(36)19-14-33(32-31-19)11-13-40-12-10-28-18-7-3-4-15-22(18)26(39)34(25(15)38)20-8-9-21(35)30-24(20)37/h1-7,14,20,28H,8-13,27H2,(H,29,36)(H,30,35,37). The molecule has 1 saturated heterocycles. The summed E-state index contributed by atoms with van der Waals surface area (Å²) in [7, 11) is 0. The summed E-state index contributed by atoms with van der Waals surface area (Å²) in [5, 5.41) is 15.8. The number of anilines is 3. The zero-order valence-electron chi connectivity index (χ0n) is 21.3. The van der Waals surface area contributed by atoms with Crippen LogP contribution >= 0.6 is 0 Å². The molecule has 5 rings (SSSR count). The van der Waals surface area contributed by atoms with Crippen LogP contribution in [0.5, 0.6) is 0 Å². The first kappa shape index (κ1) is 26.5. The predicted octanol–water partition coefficient (Wildman–Crippen LogP) is 0.642. The number of hydrogen-bond acceptors (Lipinski definition) is 10. The van der Waals surface area contributed by atoms with Crippen LogP contribution in [0, 0.1) is 0 Å². The third kappa shape index (κ3) is 5.37. The molecule has 5 N–H and O–H groups in total. The second kappa shape index (κ2) is 11.3. The summed E-state index contributed by atoms with van der Waals surface area (Å²) in [4.78, 5) is 63.1. The number of nitrogen functional groups attached to an aromatic ring is 1. The molecule has 1 atom stereocenters. The number of fused-ring (bicyclic) bond motifs is 1. The molecule has 1 aromatic heterocycles. The monoisotopic (exact) mass is 546 g/mol. The van der Waals surface area contributed by atoms with E-state index in [-0.39, 0.29) is 42.9 Å². The van der Waals surface area contributed by atoms with Gasteiger partial charge in [-0.2, -0.15) is 0 Å². The number of benzene rings is 2. The van der Waals surface area contributed by atoms with Crippen molar-refractivity contribution >= 4 is 46.6 Å². The van der Waals surface area contributed by atoms with Crippen molar-refractivity contribution in [2.45, 2.75) is 25.4 Å². The maximum Gasteiger partial charge on any atom is 0.277 e. The summed E-state index contributed by atoms with van der Waals surface area (Å²) in [6.07, 6.45) is 1.64. The van der Waals surface area contributed by atoms with Crippen molar-refractivity contribution in [3.05, 3.63) is 65.5 Å². The Labute approximate surface area is 227 Å². The zero-order valence-corrected chi connectivity index (χ0v) is 21.3. The molecule has 206 valence electrons. The van der Waals surface area contributed by atoms with E-state index in [1.807, 2.05) is 0 Å². The van der Waals surface area contributed by atoms with E-state index in [9.17, 15) is 24.0 Å². The normalized spacial score (nSPS) is 16.6. The molecule has 14 heteroatoms. The first-order chi connectivity index (χ1) is 19.3. The van der Waals surface area contributed by atoms with Gasteiger partial charge in [0.1, 0.15) is 6.04 Å². The van der Waals surface area contributed by atoms with Crippen molar-refractivity contribution in [1.29, 1.82) is 0 Å². The molecule has 40 heavy (non-hydrogen) atoms. The highest BCUT2D eigenvalue weighted by Crippen LogP contribution is 2.32. The van der Waals surface area contributed by atoms with Crippen LogP contribution in [0.4, 0.5) is 17.1 Å². The minimum Gasteiger partial charge on any atom is -0.397 e. The Morgan fingerprint density at radius 3 is 2.65 bits per heavy atom. The number of carbonyl (C=O) groups is 5. The summed E-state index contributed by atoms with van der Waals surface area (Å²) >= 11 is 0. The van der Waals surface area contributed by atoms with Crippen molar-refractivity contribution < 1.29 is 28.7 Å². The molecule has 0 aliphatic carbocycles. The number of imide groups is 2. The van der Waals surface area contributed by atoms with E-state index < -0.39 is 35.6 Å². The SMILES string of the molecule is Nc1ccccc1NC(=O)c1cn(CCOCCNc2cccc3c2C(=O)N(C2CCC(=O)NC2=O)C3=O)nn1. The summed E-state index contributed by atoms with van der Waals surface area (Å²) < 4.78 is 7.11. The lowest BCUT2D eigenvalue weighted by molar-refractivity contribution is -0.136. The Bertz CT molecular complexity index is 1500. The molecule has 2 aliphatic rings. The van der Waals surface area contributed by atoms with Crippen LogP contribution in [-0.4, -0.2) is 75.2 Å². The number of amides is 5. The van der Waals surface area contributed by atoms with Crippen LogP contribution < -0.4 is 21.7 Å². The van der Waals surface area contributed by atoms with E-state index in [0.717, 1.165) is 4.90 Å². The Balaban J connectivity index is 1.09. The van der Waals surface area contributed by atoms with Gasteiger partial charge in [0.15, 0.2) is 5.69 Å².